The Morgan fingerprint density at radius 3 is 1.88 bits per heavy atom. The molecular weight excluding hydrogens is 277 g/mol. The smallest absolute Gasteiger partial charge is 0.0596 e. The molecule has 0 fully saturated rings. The van der Waals surface area contributed by atoms with Crippen molar-refractivity contribution in [1.82, 2.24) is 0 Å². The second kappa shape index (κ2) is 5.28. The van der Waals surface area contributed by atoms with Crippen molar-refractivity contribution >= 4 is 34.8 Å². The summed E-state index contributed by atoms with van der Waals surface area (Å²) in [6.45, 7) is 0. The zero-order valence-corrected chi connectivity index (χ0v) is 11.1. The molecule has 0 aliphatic rings. The summed E-state index contributed by atoms with van der Waals surface area (Å²) in [5, 5.41) is 1.70. The van der Waals surface area contributed by atoms with Crippen LogP contribution in [0.5, 0.6) is 0 Å². The van der Waals surface area contributed by atoms with E-state index in [0.29, 0.717) is 20.6 Å². The molecule has 2 N–H and O–H groups in total. The maximum Gasteiger partial charge on any atom is 0.0596 e. The molecule has 1 atom stereocenters. The highest BCUT2D eigenvalue weighted by atomic mass is 35.5. The first-order valence-electron chi connectivity index (χ1n) is 5.05. The number of hydrogen-bond acceptors (Lipinski definition) is 1. The first-order valence-corrected chi connectivity index (χ1v) is 6.18. The van der Waals surface area contributed by atoms with Crippen LogP contribution in [0, 0.1) is 0 Å². The van der Waals surface area contributed by atoms with Crippen LogP contribution in [-0.4, -0.2) is 0 Å². The van der Waals surface area contributed by atoms with Crippen LogP contribution >= 0.6 is 34.8 Å². The Morgan fingerprint density at radius 1 is 0.765 bits per heavy atom. The lowest BCUT2D eigenvalue weighted by atomic mass is 9.99. The summed E-state index contributed by atoms with van der Waals surface area (Å²) in [5.41, 5.74) is 7.67. The molecule has 88 valence electrons. The number of benzene rings is 2. The summed E-state index contributed by atoms with van der Waals surface area (Å²) in [4.78, 5) is 0. The lowest BCUT2D eigenvalue weighted by Crippen LogP contribution is -2.13. The highest BCUT2D eigenvalue weighted by molar-refractivity contribution is 6.36. The van der Waals surface area contributed by atoms with E-state index in [1.165, 1.54) is 0 Å². The molecule has 0 aliphatic carbocycles. The van der Waals surface area contributed by atoms with Crippen LogP contribution in [0.2, 0.25) is 15.1 Å². The van der Waals surface area contributed by atoms with E-state index in [1.807, 2.05) is 18.2 Å². The van der Waals surface area contributed by atoms with Gasteiger partial charge in [0.1, 0.15) is 0 Å². The van der Waals surface area contributed by atoms with Gasteiger partial charge in [-0.05, 0) is 23.8 Å². The van der Waals surface area contributed by atoms with Crippen LogP contribution in [-0.2, 0) is 0 Å². The fraction of sp³-hybridized carbons (Fsp3) is 0.0769. The minimum absolute atomic E-state index is 0.426. The van der Waals surface area contributed by atoms with Crippen LogP contribution in [0.4, 0.5) is 0 Å². The van der Waals surface area contributed by atoms with Gasteiger partial charge < -0.3 is 5.73 Å². The van der Waals surface area contributed by atoms with Crippen molar-refractivity contribution in [2.45, 2.75) is 6.04 Å². The number of hydrogen-bond donors (Lipinski definition) is 1. The van der Waals surface area contributed by atoms with Crippen molar-refractivity contribution in [3.63, 3.8) is 0 Å². The van der Waals surface area contributed by atoms with Gasteiger partial charge in [-0.15, -0.1) is 0 Å². The first-order chi connectivity index (χ1) is 8.11. The van der Waals surface area contributed by atoms with Crippen LogP contribution < -0.4 is 5.73 Å². The second-order valence-electron chi connectivity index (χ2n) is 3.63. The molecule has 0 bridgehead atoms. The van der Waals surface area contributed by atoms with Gasteiger partial charge in [0.15, 0.2) is 0 Å². The van der Waals surface area contributed by atoms with Crippen molar-refractivity contribution in [3.05, 3.63) is 68.7 Å². The molecule has 17 heavy (non-hydrogen) atoms. The van der Waals surface area contributed by atoms with Gasteiger partial charge in [-0.1, -0.05) is 59.1 Å². The fourth-order valence-corrected chi connectivity index (χ4v) is 2.58. The monoisotopic (exact) mass is 285 g/mol. The highest BCUT2D eigenvalue weighted by Gasteiger charge is 2.17. The van der Waals surface area contributed by atoms with Crippen LogP contribution in [0.1, 0.15) is 17.2 Å². The third-order valence-electron chi connectivity index (χ3n) is 2.55. The van der Waals surface area contributed by atoms with Gasteiger partial charge >= 0.3 is 0 Å². The average Bonchev–Trinajstić information content (AvgIpc) is 2.29. The maximum absolute atomic E-state index is 6.17. The van der Waals surface area contributed by atoms with Gasteiger partial charge in [-0.25, -0.2) is 0 Å². The van der Waals surface area contributed by atoms with Crippen LogP contribution in [0.3, 0.4) is 0 Å². The topological polar surface area (TPSA) is 26.0 Å². The van der Waals surface area contributed by atoms with E-state index in [-0.39, 0.29) is 0 Å². The molecule has 0 amide bonds. The second-order valence-corrected chi connectivity index (χ2v) is 4.86. The van der Waals surface area contributed by atoms with Gasteiger partial charge in [0.2, 0.25) is 0 Å². The lowest BCUT2D eigenvalue weighted by Gasteiger charge is -2.16. The standard InChI is InChI=1S/C13H10Cl3N/c14-9-5-2-1-4-8(9)13(17)12-10(15)6-3-7-11(12)16/h1-7,13H,17H2. The Bertz CT molecular complexity index is 520. The Morgan fingerprint density at radius 2 is 1.29 bits per heavy atom. The van der Waals surface area contributed by atoms with Gasteiger partial charge in [-0.2, -0.15) is 0 Å². The third kappa shape index (κ3) is 2.58. The molecule has 0 saturated heterocycles. The Balaban J connectivity index is 2.51. The predicted octanol–water partition coefficient (Wildman–Crippen LogP) is 4.69. The molecule has 0 aromatic heterocycles. The summed E-state index contributed by atoms with van der Waals surface area (Å²) in [5.74, 6) is 0. The third-order valence-corrected chi connectivity index (χ3v) is 3.55. The van der Waals surface area contributed by atoms with Crippen LogP contribution in [0.15, 0.2) is 42.5 Å². The molecule has 2 aromatic carbocycles. The quantitative estimate of drug-likeness (QED) is 0.851. The van der Waals surface area contributed by atoms with Gasteiger partial charge in [0.25, 0.3) is 0 Å². The van der Waals surface area contributed by atoms with Gasteiger partial charge in [-0.3, -0.25) is 0 Å². The summed E-state index contributed by atoms with van der Waals surface area (Å²) in [6.07, 6.45) is 0. The van der Waals surface area contributed by atoms with Crippen LogP contribution in [0.25, 0.3) is 0 Å². The summed E-state index contributed by atoms with van der Waals surface area (Å²) in [7, 11) is 0. The molecule has 0 aliphatic heterocycles. The molecule has 0 spiro atoms. The van der Waals surface area contributed by atoms with Gasteiger partial charge in [0, 0.05) is 20.6 Å². The number of halogens is 3. The Kier molecular flexibility index (Phi) is 3.95. The van der Waals surface area contributed by atoms with E-state index in [4.69, 9.17) is 40.5 Å². The first kappa shape index (κ1) is 12.7. The molecule has 0 heterocycles. The summed E-state index contributed by atoms with van der Waals surface area (Å²) >= 11 is 18.3. The number of nitrogens with two attached hydrogens (primary N) is 1. The SMILES string of the molecule is NC(c1ccccc1Cl)c1c(Cl)cccc1Cl. The van der Waals surface area contributed by atoms with E-state index < -0.39 is 6.04 Å². The van der Waals surface area contributed by atoms with E-state index in [1.54, 1.807) is 24.3 Å². The molecular formula is C13H10Cl3N. The maximum atomic E-state index is 6.17. The average molecular weight is 287 g/mol. The minimum atomic E-state index is -0.426. The molecule has 2 aromatic rings. The molecule has 0 saturated carbocycles. The van der Waals surface area contributed by atoms with E-state index >= 15 is 0 Å². The van der Waals surface area contributed by atoms with Crippen molar-refractivity contribution in [1.29, 1.82) is 0 Å². The zero-order valence-electron chi connectivity index (χ0n) is 8.83. The van der Waals surface area contributed by atoms with E-state index in [2.05, 4.69) is 0 Å². The summed E-state index contributed by atoms with van der Waals surface area (Å²) < 4.78 is 0. The normalized spacial score (nSPS) is 12.5. The van der Waals surface area contributed by atoms with E-state index in [0.717, 1.165) is 5.56 Å². The lowest BCUT2D eigenvalue weighted by molar-refractivity contribution is 0.872. The minimum Gasteiger partial charge on any atom is -0.320 e. The van der Waals surface area contributed by atoms with E-state index in [9.17, 15) is 0 Å². The molecule has 4 heteroatoms. The summed E-state index contributed by atoms with van der Waals surface area (Å²) in [6, 6.07) is 12.3. The fourth-order valence-electron chi connectivity index (χ4n) is 1.69. The Labute approximate surface area is 115 Å². The van der Waals surface area contributed by atoms with Gasteiger partial charge in [0.05, 0.1) is 6.04 Å². The molecule has 0 radical (unpaired) electrons. The number of rotatable bonds is 2. The highest BCUT2D eigenvalue weighted by Crippen LogP contribution is 2.34. The van der Waals surface area contributed by atoms with Crippen molar-refractivity contribution in [3.8, 4) is 0 Å². The molecule has 1 unspecified atom stereocenters. The van der Waals surface area contributed by atoms with Crippen molar-refractivity contribution in [2.75, 3.05) is 0 Å². The zero-order chi connectivity index (χ0) is 12.4. The molecule has 1 nitrogen and oxygen atoms in total. The Hall–Kier alpha value is -0.730. The molecule has 2 rings (SSSR count). The predicted molar refractivity (Wildman–Crippen MR) is 73.9 cm³/mol. The van der Waals surface area contributed by atoms with Crippen molar-refractivity contribution < 1.29 is 0 Å². The van der Waals surface area contributed by atoms with Crippen molar-refractivity contribution in [2.24, 2.45) is 5.73 Å². The largest absolute Gasteiger partial charge is 0.320 e.